The Labute approximate surface area is 97.9 Å². The first kappa shape index (κ1) is 9.61. The average molecular weight is 220 g/mol. The van der Waals surface area contributed by atoms with E-state index in [-0.39, 0.29) is 0 Å². The first-order valence-corrected chi connectivity index (χ1v) is 5.23. The summed E-state index contributed by atoms with van der Waals surface area (Å²) in [5, 5.41) is 10.5. The number of ether oxygens (including phenoxy) is 1. The maximum Gasteiger partial charge on any atom is 0.292 e. The number of nitriles is 1. The summed E-state index contributed by atoms with van der Waals surface area (Å²) in [6.45, 7) is 0. The molecule has 0 radical (unpaired) electrons. The zero-order valence-corrected chi connectivity index (χ0v) is 8.92. The SMILES string of the molecule is N#COc1cccc2nc3ccccc3cc12. The van der Waals surface area contributed by atoms with Crippen LogP contribution in [-0.2, 0) is 0 Å². The van der Waals surface area contributed by atoms with E-state index >= 15 is 0 Å². The molecule has 2 aromatic carbocycles. The highest BCUT2D eigenvalue weighted by atomic mass is 16.5. The van der Waals surface area contributed by atoms with Crippen molar-refractivity contribution in [3.05, 3.63) is 48.5 Å². The Bertz CT molecular complexity index is 744. The van der Waals surface area contributed by atoms with E-state index in [9.17, 15) is 0 Å². The molecule has 80 valence electrons. The summed E-state index contributed by atoms with van der Waals surface area (Å²) in [5.74, 6) is 0.545. The second-order valence-corrected chi connectivity index (χ2v) is 3.70. The Morgan fingerprint density at radius 2 is 1.82 bits per heavy atom. The van der Waals surface area contributed by atoms with E-state index in [1.165, 1.54) is 0 Å². The highest BCUT2D eigenvalue weighted by molar-refractivity contribution is 5.95. The fraction of sp³-hybridized carbons (Fsp3) is 0. The number of hydrogen-bond acceptors (Lipinski definition) is 3. The molecule has 0 aliphatic carbocycles. The number of aromatic nitrogens is 1. The molecule has 1 heterocycles. The third-order valence-corrected chi connectivity index (χ3v) is 2.68. The van der Waals surface area contributed by atoms with Crippen LogP contribution in [0.25, 0.3) is 21.8 Å². The summed E-state index contributed by atoms with van der Waals surface area (Å²) in [5.41, 5.74) is 1.77. The van der Waals surface area contributed by atoms with Gasteiger partial charge in [0.05, 0.1) is 11.0 Å². The molecule has 3 aromatic rings. The number of fused-ring (bicyclic) bond motifs is 2. The third-order valence-electron chi connectivity index (χ3n) is 2.68. The summed E-state index contributed by atoms with van der Waals surface area (Å²) < 4.78 is 4.93. The molecule has 0 spiro atoms. The van der Waals surface area contributed by atoms with Gasteiger partial charge in [-0.3, -0.25) is 0 Å². The Balaban J connectivity index is 2.40. The number of hydrogen-bond donors (Lipinski definition) is 0. The van der Waals surface area contributed by atoms with Gasteiger partial charge in [0.1, 0.15) is 0 Å². The molecule has 0 aliphatic rings. The van der Waals surface area contributed by atoms with Crippen LogP contribution in [0.5, 0.6) is 5.75 Å². The van der Waals surface area contributed by atoms with Crippen LogP contribution in [0.4, 0.5) is 0 Å². The minimum atomic E-state index is 0.545. The lowest BCUT2D eigenvalue weighted by atomic mass is 10.1. The van der Waals surface area contributed by atoms with Crippen LogP contribution in [0, 0.1) is 11.5 Å². The first-order chi connectivity index (χ1) is 8.38. The Morgan fingerprint density at radius 1 is 1.00 bits per heavy atom. The van der Waals surface area contributed by atoms with Crippen molar-refractivity contribution >= 4 is 21.8 Å². The lowest BCUT2D eigenvalue weighted by Crippen LogP contribution is -1.87. The zero-order valence-electron chi connectivity index (χ0n) is 8.92. The zero-order chi connectivity index (χ0) is 11.7. The lowest BCUT2D eigenvalue weighted by Gasteiger charge is -2.04. The van der Waals surface area contributed by atoms with Gasteiger partial charge in [0.2, 0.25) is 0 Å². The fourth-order valence-corrected chi connectivity index (χ4v) is 1.91. The third kappa shape index (κ3) is 1.56. The average Bonchev–Trinajstić information content (AvgIpc) is 2.37. The topological polar surface area (TPSA) is 45.9 Å². The van der Waals surface area contributed by atoms with Crippen LogP contribution in [0.2, 0.25) is 0 Å². The van der Waals surface area contributed by atoms with Crippen molar-refractivity contribution in [1.82, 2.24) is 4.98 Å². The molecule has 0 amide bonds. The molecule has 0 N–H and O–H groups in total. The van der Waals surface area contributed by atoms with E-state index in [1.807, 2.05) is 42.5 Å². The van der Waals surface area contributed by atoms with Gasteiger partial charge in [-0.05, 0) is 24.3 Å². The summed E-state index contributed by atoms with van der Waals surface area (Å²) in [6, 6.07) is 15.4. The van der Waals surface area contributed by atoms with Crippen molar-refractivity contribution in [3.8, 4) is 12.0 Å². The van der Waals surface area contributed by atoms with Gasteiger partial charge >= 0.3 is 0 Å². The van der Waals surface area contributed by atoms with Crippen molar-refractivity contribution in [2.24, 2.45) is 0 Å². The van der Waals surface area contributed by atoms with Crippen LogP contribution in [0.1, 0.15) is 0 Å². The number of benzene rings is 2. The van der Waals surface area contributed by atoms with Crippen LogP contribution < -0.4 is 4.74 Å². The summed E-state index contributed by atoms with van der Waals surface area (Å²) in [4.78, 5) is 4.53. The van der Waals surface area contributed by atoms with Crippen LogP contribution in [-0.4, -0.2) is 4.98 Å². The van der Waals surface area contributed by atoms with Crippen LogP contribution in [0.15, 0.2) is 48.5 Å². The predicted octanol–water partition coefficient (Wildman–Crippen LogP) is 3.25. The molecule has 17 heavy (non-hydrogen) atoms. The fourth-order valence-electron chi connectivity index (χ4n) is 1.91. The summed E-state index contributed by atoms with van der Waals surface area (Å²) in [6.07, 6.45) is 1.70. The van der Waals surface area contributed by atoms with Gasteiger partial charge in [0.25, 0.3) is 6.26 Å². The summed E-state index contributed by atoms with van der Waals surface area (Å²) >= 11 is 0. The van der Waals surface area contributed by atoms with Crippen molar-refractivity contribution in [3.63, 3.8) is 0 Å². The Morgan fingerprint density at radius 3 is 2.71 bits per heavy atom. The maximum absolute atomic E-state index is 8.60. The first-order valence-electron chi connectivity index (χ1n) is 5.23. The number of pyridine rings is 1. The largest absolute Gasteiger partial charge is 0.387 e. The molecule has 3 nitrogen and oxygen atoms in total. The minimum Gasteiger partial charge on any atom is -0.387 e. The molecule has 0 saturated heterocycles. The van der Waals surface area contributed by atoms with E-state index in [1.54, 1.807) is 12.3 Å². The van der Waals surface area contributed by atoms with E-state index < -0.39 is 0 Å². The highest BCUT2D eigenvalue weighted by Gasteiger charge is 2.04. The second-order valence-electron chi connectivity index (χ2n) is 3.70. The molecule has 3 heteroatoms. The highest BCUT2D eigenvalue weighted by Crippen LogP contribution is 2.27. The van der Waals surface area contributed by atoms with Gasteiger partial charge in [-0.15, -0.1) is 5.26 Å². The van der Waals surface area contributed by atoms with Gasteiger partial charge in [-0.25, -0.2) is 4.98 Å². The van der Waals surface area contributed by atoms with Gasteiger partial charge in [0.15, 0.2) is 5.75 Å². The second kappa shape index (κ2) is 3.76. The van der Waals surface area contributed by atoms with Gasteiger partial charge in [-0.1, -0.05) is 24.3 Å². The minimum absolute atomic E-state index is 0.545. The quantitative estimate of drug-likeness (QED) is 0.467. The standard InChI is InChI=1S/C14H8N2O/c15-9-17-14-7-3-6-13-11(14)8-10-4-1-2-5-12(10)16-13/h1-8H. The number of nitrogens with zero attached hydrogens (tertiary/aromatic N) is 2. The van der Waals surface area contributed by atoms with Gasteiger partial charge in [0, 0.05) is 10.8 Å². The molecule has 0 atom stereocenters. The monoisotopic (exact) mass is 220 g/mol. The van der Waals surface area contributed by atoms with Crippen molar-refractivity contribution in [2.45, 2.75) is 0 Å². The Hall–Kier alpha value is -2.60. The molecule has 0 fully saturated rings. The molecular weight excluding hydrogens is 212 g/mol. The van der Waals surface area contributed by atoms with Gasteiger partial charge < -0.3 is 4.74 Å². The number of para-hydroxylation sites is 1. The lowest BCUT2D eigenvalue weighted by molar-refractivity contribution is 0.513. The van der Waals surface area contributed by atoms with Crippen molar-refractivity contribution < 1.29 is 4.74 Å². The van der Waals surface area contributed by atoms with E-state index in [0.29, 0.717) is 5.75 Å². The van der Waals surface area contributed by atoms with E-state index in [4.69, 9.17) is 10.00 Å². The molecule has 0 aliphatic heterocycles. The molecule has 0 bridgehead atoms. The summed E-state index contributed by atoms with van der Waals surface area (Å²) in [7, 11) is 0. The van der Waals surface area contributed by atoms with E-state index in [0.717, 1.165) is 21.8 Å². The van der Waals surface area contributed by atoms with Crippen LogP contribution in [0.3, 0.4) is 0 Å². The molecule has 0 unspecified atom stereocenters. The smallest absolute Gasteiger partial charge is 0.292 e. The van der Waals surface area contributed by atoms with Crippen molar-refractivity contribution in [2.75, 3.05) is 0 Å². The maximum atomic E-state index is 8.60. The van der Waals surface area contributed by atoms with Crippen LogP contribution >= 0.6 is 0 Å². The normalized spacial score (nSPS) is 10.3. The Kier molecular flexibility index (Phi) is 2.13. The van der Waals surface area contributed by atoms with Gasteiger partial charge in [-0.2, -0.15) is 0 Å². The molecule has 3 rings (SSSR count). The molecule has 1 aromatic heterocycles. The molecular formula is C14H8N2O. The van der Waals surface area contributed by atoms with E-state index in [2.05, 4.69) is 4.98 Å². The number of rotatable bonds is 1. The predicted molar refractivity (Wildman–Crippen MR) is 65.5 cm³/mol. The van der Waals surface area contributed by atoms with Crippen molar-refractivity contribution in [1.29, 1.82) is 5.26 Å². The molecule has 0 saturated carbocycles.